The van der Waals surface area contributed by atoms with E-state index in [2.05, 4.69) is 5.32 Å². The number of methoxy groups -OCH3 is 5. The monoisotopic (exact) mass is 600 g/mol. The maximum Gasteiger partial charge on any atom is 0.219 e. The highest BCUT2D eigenvalue weighted by Gasteiger charge is 2.33. The van der Waals surface area contributed by atoms with Crippen molar-refractivity contribution in [1.82, 2.24) is 10.4 Å². The van der Waals surface area contributed by atoms with Crippen molar-refractivity contribution in [3.8, 4) is 34.5 Å². The third-order valence-electron chi connectivity index (χ3n) is 7.82. The van der Waals surface area contributed by atoms with Crippen LogP contribution in [0.25, 0.3) is 5.76 Å². The average Bonchev–Trinajstić information content (AvgIpc) is 3.04. The van der Waals surface area contributed by atoms with Gasteiger partial charge in [0.1, 0.15) is 29.1 Å². The van der Waals surface area contributed by atoms with Crippen LogP contribution < -0.4 is 33.7 Å². The molecule has 2 aliphatic rings. The maximum atomic E-state index is 11.7. The number of nitrogens with zero attached hydrogens (tertiary/aromatic N) is 1. The minimum absolute atomic E-state index is 0.0906. The van der Waals surface area contributed by atoms with Crippen molar-refractivity contribution in [3.05, 3.63) is 41.0 Å². The molecule has 11 heteroatoms. The van der Waals surface area contributed by atoms with Crippen molar-refractivity contribution >= 4 is 11.7 Å². The van der Waals surface area contributed by atoms with Crippen LogP contribution in [-0.2, 0) is 9.63 Å². The van der Waals surface area contributed by atoms with Gasteiger partial charge in [-0.25, -0.2) is 0 Å². The Hall–Kier alpha value is -3.67. The molecule has 1 fully saturated rings. The lowest BCUT2D eigenvalue weighted by Crippen LogP contribution is -2.44. The van der Waals surface area contributed by atoms with Gasteiger partial charge in [-0.05, 0) is 44.2 Å². The number of hydrogen-bond donors (Lipinski definition) is 2. The highest BCUT2D eigenvalue weighted by molar-refractivity contribution is 5.76. The molecule has 236 valence electrons. The average molecular weight is 601 g/mol. The zero-order valence-electron chi connectivity index (χ0n) is 26.0. The molecule has 0 bridgehead atoms. The van der Waals surface area contributed by atoms with E-state index in [0.717, 1.165) is 38.8 Å². The molecule has 0 aliphatic carbocycles. The van der Waals surface area contributed by atoms with Crippen LogP contribution in [0.5, 0.6) is 34.5 Å². The molecule has 1 atom stereocenters. The molecule has 4 rings (SSSR count). The fraction of sp³-hybridized carbons (Fsp3) is 0.531. The summed E-state index contributed by atoms with van der Waals surface area (Å²) in [6.07, 6.45) is 3.34. The van der Waals surface area contributed by atoms with Crippen molar-refractivity contribution < 1.29 is 43.2 Å². The summed E-state index contributed by atoms with van der Waals surface area (Å²) in [5.41, 5.74) is 1.92. The molecule has 0 aromatic heterocycles. The van der Waals surface area contributed by atoms with Crippen LogP contribution in [0.2, 0.25) is 0 Å². The number of fused-ring (bicyclic) bond motifs is 1. The molecule has 2 N–H and O–H groups in total. The Labute approximate surface area is 253 Å². The van der Waals surface area contributed by atoms with Crippen molar-refractivity contribution in [2.45, 2.75) is 57.6 Å². The molecule has 2 heterocycles. The van der Waals surface area contributed by atoms with E-state index in [1.54, 1.807) is 47.7 Å². The first-order valence-electron chi connectivity index (χ1n) is 14.7. The fourth-order valence-electron chi connectivity index (χ4n) is 5.47. The highest BCUT2D eigenvalue weighted by Crippen LogP contribution is 2.50. The molecule has 0 radical (unpaired) electrons. The minimum atomic E-state index is -0.975. The molecule has 1 saturated heterocycles. The molecule has 43 heavy (non-hydrogen) atoms. The van der Waals surface area contributed by atoms with E-state index >= 15 is 0 Å². The van der Waals surface area contributed by atoms with Crippen LogP contribution in [0.3, 0.4) is 0 Å². The molecular formula is C32H44N2O9. The van der Waals surface area contributed by atoms with Gasteiger partial charge in [-0.1, -0.05) is 6.92 Å². The van der Waals surface area contributed by atoms with E-state index < -0.39 is 6.10 Å². The number of benzene rings is 2. The Morgan fingerprint density at radius 1 is 0.930 bits per heavy atom. The number of amides is 1. The number of aliphatic hydroxyl groups is 1. The molecule has 1 amide bonds. The zero-order chi connectivity index (χ0) is 30.9. The Bertz CT molecular complexity index is 1260. The Kier molecular flexibility index (Phi) is 11.4. The number of ether oxygens (including phenoxy) is 6. The standard InChI is InChI=1S/C32H44N2O9/c1-7-28(35)33-21-11-13-34(14-12-21)42-15-9-8-10-23-30(36)29-24(38-3)18-22(37-2)19-25(29)43-31(23)20-16-26(39-4)32(41-6)27(17-20)40-5/h16-19,21,30,36H,7-15H2,1-6H3,(H,33,35). The summed E-state index contributed by atoms with van der Waals surface area (Å²) in [7, 11) is 7.78. The Morgan fingerprint density at radius 2 is 1.60 bits per heavy atom. The Morgan fingerprint density at radius 3 is 2.19 bits per heavy atom. The third kappa shape index (κ3) is 7.46. The summed E-state index contributed by atoms with van der Waals surface area (Å²) in [6.45, 7) is 3.96. The minimum Gasteiger partial charge on any atom is -0.496 e. The summed E-state index contributed by atoms with van der Waals surface area (Å²) in [5.74, 6) is 3.47. The normalized spacial score (nSPS) is 17.1. The van der Waals surface area contributed by atoms with Crippen molar-refractivity contribution in [2.24, 2.45) is 0 Å². The van der Waals surface area contributed by atoms with Crippen LogP contribution in [0, 0.1) is 0 Å². The van der Waals surface area contributed by atoms with Crippen molar-refractivity contribution in [1.29, 1.82) is 0 Å². The van der Waals surface area contributed by atoms with Gasteiger partial charge in [-0.3, -0.25) is 9.63 Å². The predicted molar refractivity (Wildman–Crippen MR) is 161 cm³/mol. The molecule has 2 aromatic rings. The van der Waals surface area contributed by atoms with Crippen LogP contribution in [0.4, 0.5) is 0 Å². The Balaban J connectivity index is 1.52. The topological polar surface area (TPSA) is 117 Å². The van der Waals surface area contributed by atoms with Crippen molar-refractivity contribution in [2.75, 3.05) is 55.2 Å². The number of hydrogen-bond acceptors (Lipinski definition) is 10. The molecule has 2 aliphatic heterocycles. The van der Waals surface area contributed by atoms with E-state index in [9.17, 15) is 9.90 Å². The van der Waals surface area contributed by atoms with Gasteiger partial charge in [0.2, 0.25) is 11.7 Å². The van der Waals surface area contributed by atoms with Gasteiger partial charge in [0.15, 0.2) is 11.5 Å². The number of hydroxylamine groups is 2. The number of carbonyl (C=O) groups excluding carboxylic acids is 1. The van der Waals surface area contributed by atoms with Crippen LogP contribution in [-0.4, -0.2) is 77.4 Å². The van der Waals surface area contributed by atoms with Crippen molar-refractivity contribution in [3.63, 3.8) is 0 Å². The first-order valence-corrected chi connectivity index (χ1v) is 14.7. The quantitative estimate of drug-likeness (QED) is 0.297. The second kappa shape index (κ2) is 15.2. The van der Waals surface area contributed by atoms with E-state index in [-0.39, 0.29) is 11.9 Å². The summed E-state index contributed by atoms with van der Waals surface area (Å²) in [4.78, 5) is 17.7. The first kappa shape index (κ1) is 32.2. The SMILES string of the molecule is CCC(=O)NC1CCN(OCCCCC2=C(c3cc(OC)c(OC)c(OC)c3)Oc3cc(OC)cc(OC)c3C2O)CC1. The van der Waals surface area contributed by atoms with E-state index in [0.29, 0.717) is 76.4 Å². The number of rotatable bonds is 14. The maximum absolute atomic E-state index is 11.7. The molecule has 2 aromatic carbocycles. The van der Waals surface area contributed by atoms with Gasteiger partial charge in [-0.2, -0.15) is 5.06 Å². The number of carbonyl (C=O) groups is 1. The summed E-state index contributed by atoms with van der Waals surface area (Å²) in [6, 6.07) is 7.29. The summed E-state index contributed by atoms with van der Waals surface area (Å²) >= 11 is 0. The molecule has 0 spiro atoms. The second-order valence-electron chi connectivity index (χ2n) is 10.4. The first-order chi connectivity index (χ1) is 20.9. The second-order valence-corrected chi connectivity index (χ2v) is 10.4. The van der Waals surface area contributed by atoms with Crippen LogP contribution in [0.15, 0.2) is 29.8 Å². The molecular weight excluding hydrogens is 556 g/mol. The fourth-order valence-corrected chi connectivity index (χ4v) is 5.47. The number of piperidine rings is 1. The van der Waals surface area contributed by atoms with E-state index in [1.165, 1.54) is 0 Å². The van der Waals surface area contributed by atoms with E-state index in [4.69, 9.17) is 33.3 Å². The predicted octanol–water partition coefficient (Wildman–Crippen LogP) is 4.66. The van der Waals surface area contributed by atoms with Gasteiger partial charge >= 0.3 is 0 Å². The van der Waals surface area contributed by atoms with Gasteiger partial charge in [0.05, 0.1) is 47.7 Å². The van der Waals surface area contributed by atoms with Gasteiger partial charge in [-0.15, -0.1) is 0 Å². The zero-order valence-corrected chi connectivity index (χ0v) is 26.0. The van der Waals surface area contributed by atoms with Gasteiger partial charge in [0, 0.05) is 48.8 Å². The number of unbranched alkanes of at least 4 members (excludes halogenated alkanes) is 1. The summed E-state index contributed by atoms with van der Waals surface area (Å²) < 4.78 is 34.2. The van der Waals surface area contributed by atoms with Crippen LogP contribution in [0.1, 0.15) is 62.7 Å². The third-order valence-corrected chi connectivity index (χ3v) is 7.82. The molecule has 0 saturated carbocycles. The molecule has 11 nitrogen and oxygen atoms in total. The smallest absolute Gasteiger partial charge is 0.219 e. The summed E-state index contributed by atoms with van der Waals surface area (Å²) in [5, 5.41) is 16.8. The largest absolute Gasteiger partial charge is 0.496 e. The lowest BCUT2D eigenvalue weighted by molar-refractivity contribution is -0.172. The van der Waals surface area contributed by atoms with Gasteiger partial charge in [0.25, 0.3) is 0 Å². The highest BCUT2D eigenvalue weighted by atomic mass is 16.7. The van der Waals surface area contributed by atoms with Crippen LogP contribution >= 0.6 is 0 Å². The van der Waals surface area contributed by atoms with Gasteiger partial charge < -0.3 is 38.8 Å². The number of aliphatic hydroxyl groups excluding tert-OH is 1. The lowest BCUT2D eigenvalue weighted by Gasteiger charge is -2.31. The molecule has 1 unspecified atom stereocenters. The lowest BCUT2D eigenvalue weighted by atomic mass is 9.90. The van der Waals surface area contributed by atoms with E-state index in [1.807, 2.05) is 24.1 Å². The number of nitrogens with one attached hydrogen (secondary N) is 1.